The van der Waals surface area contributed by atoms with Gasteiger partial charge in [-0.05, 0) is 18.2 Å². The van der Waals surface area contributed by atoms with Crippen molar-refractivity contribution >= 4 is 23.4 Å². The minimum atomic E-state index is -0.426. The van der Waals surface area contributed by atoms with Gasteiger partial charge in [-0.3, -0.25) is 9.59 Å². The van der Waals surface area contributed by atoms with E-state index in [0.29, 0.717) is 30.6 Å². The van der Waals surface area contributed by atoms with Crippen LogP contribution in [0, 0.1) is 0 Å². The third kappa shape index (κ3) is 4.96. The van der Waals surface area contributed by atoms with Gasteiger partial charge in [-0.15, -0.1) is 0 Å². The molecule has 9 heteroatoms. The Morgan fingerprint density at radius 1 is 1.38 bits per heavy atom. The highest BCUT2D eigenvalue weighted by molar-refractivity contribution is 6.30. The summed E-state index contributed by atoms with van der Waals surface area (Å²) in [6, 6.07) is 6.49. The number of rotatable bonds is 6. The van der Waals surface area contributed by atoms with E-state index in [0.717, 1.165) is 0 Å². The summed E-state index contributed by atoms with van der Waals surface area (Å²) < 4.78 is 16.2. The van der Waals surface area contributed by atoms with Crippen LogP contribution < -0.4 is 10.1 Å². The topological polar surface area (TPSA) is 93.9 Å². The van der Waals surface area contributed by atoms with Gasteiger partial charge in [0.1, 0.15) is 12.7 Å². The second kappa shape index (κ2) is 8.68. The number of nitrogens with zero attached hydrogens (tertiary/aromatic N) is 2. The highest BCUT2D eigenvalue weighted by Gasteiger charge is 2.25. The number of pyridine rings is 1. The zero-order valence-electron chi connectivity index (χ0n) is 13.9. The molecule has 2 aromatic rings. The van der Waals surface area contributed by atoms with Crippen molar-refractivity contribution < 1.29 is 23.5 Å². The summed E-state index contributed by atoms with van der Waals surface area (Å²) in [5.41, 5.74) is 0. The first-order valence-corrected chi connectivity index (χ1v) is 8.45. The maximum absolute atomic E-state index is 12.3. The fourth-order valence-electron chi connectivity index (χ4n) is 2.44. The first-order chi connectivity index (χ1) is 12.6. The molecule has 1 fully saturated rings. The third-order valence-corrected chi connectivity index (χ3v) is 3.98. The number of carbonyl (C=O) groups excluding carboxylic acids is 2. The van der Waals surface area contributed by atoms with Gasteiger partial charge in [0.15, 0.2) is 5.76 Å². The number of amides is 2. The van der Waals surface area contributed by atoms with E-state index in [9.17, 15) is 9.59 Å². The number of carbonyl (C=O) groups is 2. The Balaban J connectivity index is 1.44. The molecule has 8 nitrogen and oxygen atoms in total. The summed E-state index contributed by atoms with van der Waals surface area (Å²) in [7, 11) is 0. The smallest absolute Gasteiger partial charge is 0.287 e. The van der Waals surface area contributed by atoms with Crippen molar-refractivity contribution in [2.75, 3.05) is 32.8 Å². The molecular formula is C17H18ClN3O5. The molecule has 3 heterocycles. The van der Waals surface area contributed by atoms with Crippen LogP contribution in [0.1, 0.15) is 10.6 Å². The van der Waals surface area contributed by atoms with E-state index in [-0.39, 0.29) is 30.9 Å². The van der Waals surface area contributed by atoms with Crippen LogP contribution in [0.25, 0.3) is 0 Å². The Bertz CT molecular complexity index is 735. The van der Waals surface area contributed by atoms with Crippen LogP contribution in [0.3, 0.4) is 0 Å². The largest absolute Gasteiger partial charge is 0.475 e. The van der Waals surface area contributed by atoms with Crippen molar-refractivity contribution in [1.29, 1.82) is 0 Å². The fourth-order valence-corrected chi connectivity index (χ4v) is 2.55. The van der Waals surface area contributed by atoms with Gasteiger partial charge in [0.2, 0.25) is 11.8 Å². The molecule has 0 spiro atoms. The van der Waals surface area contributed by atoms with Crippen LogP contribution in [-0.4, -0.2) is 60.7 Å². The highest BCUT2D eigenvalue weighted by Crippen LogP contribution is 2.13. The minimum absolute atomic E-state index is 0.105. The zero-order valence-corrected chi connectivity index (χ0v) is 14.6. The second-order valence-corrected chi connectivity index (χ2v) is 6.05. The first-order valence-electron chi connectivity index (χ1n) is 8.07. The summed E-state index contributed by atoms with van der Waals surface area (Å²) in [5, 5.41) is 3.07. The molecule has 0 aromatic carbocycles. The molecule has 1 unspecified atom stereocenters. The van der Waals surface area contributed by atoms with E-state index in [2.05, 4.69) is 10.3 Å². The Morgan fingerprint density at radius 3 is 3.00 bits per heavy atom. The lowest BCUT2D eigenvalue weighted by molar-refractivity contribution is -0.138. The van der Waals surface area contributed by atoms with Crippen molar-refractivity contribution in [2.24, 2.45) is 0 Å². The molecule has 0 aliphatic carbocycles. The molecule has 2 aromatic heterocycles. The molecule has 1 atom stereocenters. The molecule has 3 rings (SSSR count). The van der Waals surface area contributed by atoms with Crippen LogP contribution in [0.5, 0.6) is 5.88 Å². The number of hydrogen-bond donors (Lipinski definition) is 1. The van der Waals surface area contributed by atoms with Crippen LogP contribution >= 0.6 is 11.6 Å². The summed E-state index contributed by atoms with van der Waals surface area (Å²) in [5.74, 6) is -0.0122. The summed E-state index contributed by atoms with van der Waals surface area (Å²) in [6.07, 6.45) is 2.63. The molecule has 1 aliphatic heterocycles. The van der Waals surface area contributed by atoms with E-state index in [1.807, 2.05) is 0 Å². The van der Waals surface area contributed by atoms with Crippen molar-refractivity contribution in [2.45, 2.75) is 6.10 Å². The van der Waals surface area contributed by atoms with Gasteiger partial charge in [0.05, 0.1) is 31.0 Å². The minimum Gasteiger partial charge on any atom is -0.475 e. The average molecular weight is 380 g/mol. The van der Waals surface area contributed by atoms with E-state index in [1.54, 1.807) is 23.1 Å². The van der Waals surface area contributed by atoms with Gasteiger partial charge >= 0.3 is 0 Å². The predicted octanol–water partition coefficient (Wildman–Crippen LogP) is 1.36. The van der Waals surface area contributed by atoms with Crippen LogP contribution in [0.4, 0.5) is 0 Å². The normalized spacial score (nSPS) is 17.0. The number of halogens is 1. The van der Waals surface area contributed by atoms with E-state index >= 15 is 0 Å². The predicted molar refractivity (Wildman–Crippen MR) is 92.1 cm³/mol. The van der Waals surface area contributed by atoms with Crippen molar-refractivity contribution in [3.8, 4) is 5.88 Å². The number of furan rings is 1. The lowest BCUT2D eigenvalue weighted by Gasteiger charge is -2.32. The van der Waals surface area contributed by atoms with Gasteiger partial charge in [-0.25, -0.2) is 4.98 Å². The number of hydrogen-bond acceptors (Lipinski definition) is 6. The van der Waals surface area contributed by atoms with E-state index < -0.39 is 5.91 Å². The highest BCUT2D eigenvalue weighted by atomic mass is 35.5. The Kier molecular flexibility index (Phi) is 6.08. The summed E-state index contributed by atoms with van der Waals surface area (Å²) in [6.45, 7) is 1.40. The molecule has 138 valence electrons. The molecular weight excluding hydrogens is 362 g/mol. The average Bonchev–Trinajstić information content (AvgIpc) is 3.20. The zero-order chi connectivity index (χ0) is 18.4. The van der Waals surface area contributed by atoms with Gasteiger partial charge in [-0.1, -0.05) is 11.6 Å². The van der Waals surface area contributed by atoms with Crippen molar-refractivity contribution in [3.63, 3.8) is 0 Å². The Labute approximate surface area is 155 Å². The monoisotopic (exact) mass is 379 g/mol. The SMILES string of the molecule is O=C(NCC(=O)N1CCOC(COc2ccc(Cl)cn2)C1)c1ccco1. The van der Waals surface area contributed by atoms with Gasteiger partial charge in [-0.2, -0.15) is 0 Å². The van der Waals surface area contributed by atoms with E-state index in [4.69, 9.17) is 25.5 Å². The molecule has 2 amide bonds. The van der Waals surface area contributed by atoms with E-state index in [1.165, 1.54) is 18.5 Å². The van der Waals surface area contributed by atoms with Crippen LogP contribution in [-0.2, 0) is 9.53 Å². The quantitative estimate of drug-likeness (QED) is 0.814. The molecule has 1 aliphatic rings. The molecule has 0 bridgehead atoms. The second-order valence-electron chi connectivity index (χ2n) is 5.62. The Morgan fingerprint density at radius 2 is 2.27 bits per heavy atom. The lowest BCUT2D eigenvalue weighted by Crippen LogP contribution is -2.50. The fraction of sp³-hybridized carbons (Fsp3) is 0.353. The first kappa shape index (κ1) is 18.2. The summed E-state index contributed by atoms with van der Waals surface area (Å²) >= 11 is 5.78. The maximum atomic E-state index is 12.3. The van der Waals surface area contributed by atoms with Crippen LogP contribution in [0.2, 0.25) is 5.02 Å². The standard InChI is InChI=1S/C17H18ClN3O5/c18-12-3-4-15(19-8-12)26-11-13-10-21(5-7-24-13)16(22)9-20-17(23)14-2-1-6-25-14/h1-4,6,8,13H,5,7,9-11H2,(H,20,23). The van der Waals surface area contributed by atoms with Gasteiger partial charge in [0.25, 0.3) is 5.91 Å². The van der Waals surface area contributed by atoms with Crippen molar-refractivity contribution in [1.82, 2.24) is 15.2 Å². The number of nitrogens with one attached hydrogen (secondary N) is 1. The van der Waals surface area contributed by atoms with Crippen molar-refractivity contribution in [3.05, 3.63) is 47.5 Å². The summed E-state index contributed by atoms with van der Waals surface area (Å²) in [4.78, 5) is 29.8. The maximum Gasteiger partial charge on any atom is 0.287 e. The molecule has 1 saturated heterocycles. The number of aromatic nitrogens is 1. The number of morpholine rings is 1. The number of ether oxygens (including phenoxy) is 2. The Hall–Kier alpha value is -2.58. The van der Waals surface area contributed by atoms with Crippen LogP contribution in [0.15, 0.2) is 41.1 Å². The molecule has 26 heavy (non-hydrogen) atoms. The molecule has 1 N–H and O–H groups in total. The third-order valence-electron chi connectivity index (χ3n) is 3.75. The van der Waals surface area contributed by atoms with Gasteiger partial charge < -0.3 is 24.1 Å². The lowest BCUT2D eigenvalue weighted by atomic mass is 10.2. The van der Waals surface area contributed by atoms with Gasteiger partial charge in [0, 0.05) is 18.8 Å². The molecule has 0 radical (unpaired) electrons. The molecule has 0 saturated carbocycles.